The van der Waals surface area contributed by atoms with Crippen LogP contribution in [0.5, 0.6) is 0 Å². The Bertz CT molecular complexity index is 508. The number of rotatable bonds is 2. The van der Waals surface area contributed by atoms with E-state index in [1.54, 1.807) is 0 Å². The van der Waals surface area contributed by atoms with Crippen LogP contribution in [0.4, 0.5) is 5.82 Å². The van der Waals surface area contributed by atoms with Gasteiger partial charge in [-0.25, -0.2) is 4.98 Å². The van der Waals surface area contributed by atoms with Gasteiger partial charge < -0.3 is 10.2 Å². The number of hydrogen-bond donors (Lipinski definition) is 1. The Morgan fingerprint density at radius 1 is 1.37 bits per heavy atom. The fraction of sp³-hybridized carbons (Fsp3) is 0.600. The van der Waals surface area contributed by atoms with Crippen molar-refractivity contribution in [3.63, 3.8) is 0 Å². The highest BCUT2D eigenvalue weighted by Gasteiger charge is 2.30. The van der Waals surface area contributed by atoms with E-state index in [-0.39, 0.29) is 5.54 Å². The first-order valence-corrected chi connectivity index (χ1v) is 6.81. The zero-order valence-electron chi connectivity index (χ0n) is 12.2. The van der Waals surface area contributed by atoms with E-state index < -0.39 is 0 Å². The van der Waals surface area contributed by atoms with Crippen LogP contribution in [0, 0.1) is 25.2 Å². The predicted octanol–water partition coefficient (Wildman–Crippen LogP) is 2.15. The van der Waals surface area contributed by atoms with E-state index in [2.05, 4.69) is 28.2 Å². The molecule has 1 aliphatic heterocycles. The van der Waals surface area contributed by atoms with Crippen molar-refractivity contribution in [2.24, 2.45) is 0 Å². The van der Waals surface area contributed by atoms with E-state index in [0.29, 0.717) is 0 Å². The highest BCUT2D eigenvalue weighted by atomic mass is 15.2. The molecule has 4 heteroatoms. The number of aryl methyl sites for hydroxylation is 2. The smallest absolute Gasteiger partial charge is 0.147 e. The molecule has 2 heterocycles. The van der Waals surface area contributed by atoms with Gasteiger partial charge in [0.2, 0.25) is 0 Å². The minimum atomic E-state index is 0.210. The number of pyridine rings is 1. The zero-order valence-corrected chi connectivity index (χ0v) is 12.2. The number of nitrogens with zero attached hydrogens (tertiary/aromatic N) is 3. The number of anilines is 1. The van der Waals surface area contributed by atoms with E-state index in [1.807, 2.05) is 27.0 Å². The second-order valence-corrected chi connectivity index (χ2v) is 5.69. The maximum absolute atomic E-state index is 9.34. The summed E-state index contributed by atoms with van der Waals surface area (Å²) in [6.07, 6.45) is 2.14. The fourth-order valence-electron chi connectivity index (χ4n) is 2.65. The molecule has 1 aliphatic rings. The van der Waals surface area contributed by atoms with Crippen molar-refractivity contribution < 1.29 is 0 Å². The largest absolute Gasteiger partial charge is 0.355 e. The SMILES string of the molecule is CNC1(C)CCN(c2nc(C)cc(C)c2C#N)CC1. The summed E-state index contributed by atoms with van der Waals surface area (Å²) in [5.74, 6) is 0.859. The molecule has 1 aromatic rings. The second-order valence-electron chi connectivity index (χ2n) is 5.69. The quantitative estimate of drug-likeness (QED) is 0.883. The Labute approximate surface area is 115 Å². The van der Waals surface area contributed by atoms with Gasteiger partial charge in [-0.05, 0) is 52.3 Å². The maximum atomic E-state index is 9.34. The average Bonchev–Trinajstić information content (AvgIpc) is 2.39. The van der Waals surface area contributed by atoms with Crippen LogP contribution in [0.1, 0.15) is 36.6 Å². The first-order valence-electron chi connectivity index (χ1n) is 6.81. The van der Waals surface area contributed by atoms with Gasteiger partial charge >= 0.3 is 0 Å². The lowest BCUT2D eigenvalue weighted by molar-refractivity contribution is 0.304. The highest BCUT2D eigenvalue weighted by Crippen LogP contribution is 2.28. The van der Waals surface area contributed by atoms with Gasteiger partial charge in [-0.1, -0.05) is 0 Å². The van der Waals surface area contributed by atoms with Crippen LogP contribution >= 0.6 is 0 Å². The lowest BCUT2D eigenvalue weighted by Crippen LogP contribution is -2.50. The summed E-state index contributed by atoms with van der Waals surface area (Å²) < 4.78 is 0. The minimum Gasteiger partial charge on any atom is -0.355 e. The molecule has 0 aliphatic carbocycles. The molecular weight excluding hydrogens is 236 g/mol. The van der Waals surface area contributed by atoms with Gasteiger partial charge in [0.25, 0.3) is 0 Å². The standard InChI is InChI=1S/C15H22N4/c1-11-9-12(2)18-14(13(11)10-16)19-7-5-15(3,17-4)6-8-19/h9,17H,5-8H2,1-4H3. The molecule has 19 heavy (non-hydrogen) atoms. The summed E-state index contributed by atoms with van der Waals surface area (Å²) in [6.45, 7) is 8.12. The third kappa shape index (κ3) is 2.71. The fourth-order valence-corrected chi connectivity index (χ4v) is 2.65. The van der Waals surface area contributed by atoms with Gasteiger partial charge in [0.05, 0.1) is 5.56 Å². The van der Waals surface area contributed by atoms with E-state index in [4.69, 9.17) is 0 Å². The number of nitrogens with one attached hydrogen (secondary N) is 1. The predicted molar refractivity (Wildman–Crippen MR) is 77.3 cm³/mol. The Morgan fingerprint density at radius 3 is 2.53 bits per heavy atom. The molecular formula is C15H22N4. The normalized spacial score (nSPS) is 18.2. The van der Waals surface area contributed by atoms with Crippen molar-refractivity contribution >= 4 is 5.82 Å². The summed E-state index contributed by atoms with van der Waals surface area (Å²) in [6, 6.07) is 4.28. The third-order valence-electron chi connectivity index (χ3n) is 4.21. The van der Waals surface area contributed by atoms with Crippen molar-refractivity contribution in [3.8, 4) is 6.07 Å². The Morgan fingerprint density at radius 2 is 2.00 bits per heavy atom. The summed E-state index contributed by atoms with van der Waals surface area (Å²) in [5, 5.41) is 12.7. The van der Waals surface area contributed by atoms with Crippen LogP contribution in [0.25, 0.3) is 0 Å². The summed E-state index contributed by atoms with van der Waals surface area (Å²) in [7, 11) is 2.02. The van der Waals surface area contributed by atoms with Crippen LogP contribution in [-0.2, 0) is 0 Å². The van der Waals surface area contributed by atoms with E-state index in [9.17, 15) is 5.26 Å². The maximum Gasteiger partial charge on any atom is 0.147 e. The van der Waals surface area contributed by atoms with Gasteiger partial charge in [0, 0.05) is 24.3 Å². The number of piperidine rings is 1. The number of aromatic nitrogens is 1. The molecule has 102 valence electrons. The molecule has 0 bridgehead atoms. The van der Waals surface area contributed by atoms with Gasteiger partial charge in [-0.3, -0.25) is 0 Å². The molecule has 0 unspecified atom stereocenters. The monoisotopic (exact) mass is 258 g/mol. The lowest BCUT2D eigenvalue weighted by Gasteiger charge is -2.40. The summed E-state index contributed by atoms with van der Waals surface area (Å²) in [5.41, 5.74) is 2.93. The second kappa shape index (κ2) is 5.18. The minimum absolute atomic E-state index is 0.210. The Hall–Kier alpha value is -1.60. The van der Waals surface area contributed by atoms with Crippen LogP contribution in [0.2, 0.25) is 0 Å². The van der Waals surface area contributed by atoms with Crippen molar-refractivity contribution in [3.05, 3.63) is 22.9 Å². The van der Waals surface area contributed by atoms with Gasteiger partial charge in [0.15, 0.2) is 0 Å². The molecule has 0 amide bonds. The lowest BCUT2D eigenvalue weighted by atomic mass is 9.89. The molecule has 1 aromatic heterocycles. The summed E-state index contributed by atoms with van der Waals surface area (Å²) in [4.78, 5) is 6.83. The van der Waals surface area contributed by atoms with Crippen LogP contribution < -0.4 is 10.2 Å². The van der Waals surface area contributed by atoms with Crippen LogP contribution in [0.15, 0.2) is 6.07 Å². The molecule has 0 aromatic carbocycles. The topological polar surface area (TPSA) is 52.0 Å². The molecule has 0 spiro atoms. The van der Waals surface area contributed by atoms with Crippen LogP contribution in [-0.4, -0.2) is 30.7 Å². The van der Waals surface area contributed by atoms with Gasteiger partial charge in [-0.2, -0.15) is 5.26 Å². The van der Waals surface area contributed by atoms with E-state index >= 15 is 0 Å². The first kappa shape index (κ1) is 13.8. The van der Waals surface area contributed by atoms with Gasteiger partial charge in [-0.15, -0.1) is 0 Å². The van der Waals surface area contributed by atoms with Crippen LogP contribution in [0.3, 0.4) is 0 Å². The molecule has 1 fully saturated rings. The van der Waals surface area contributed by atoms with Crippen molar-refractivity contribution in [2.45, 2.75) is 39.2 Å². The first-order chi connectivity index (χ1) is 8.99. The number of hydrogen-bond acceptors (Lipinski definition) is 4. The molecule has 4 nitrogen and oxygen atoms in total. The number of nitriles is 1. The van der Waals surface area contributed by atoms with Gasteiger partial charge in [0.1, 0.15) is 11.9 Å². The average molecular weight is 258 g/mol. The molecule has 0 atom stereocenters. The highest BCUT2D eigenvalue weighted by molar-refractivity contribution is 5.58. The summed E-state index contributed by atoms with van der Waals surface area (Å²) >= 11 is 0. The molecule has 1 saturated heterocycles. The van der Waals surface area contributed by atoms with Crippen molar-refractivity contribution in [1.29, 1.82) is 5.26 Å². The molecule has 0 saturated carbocycles. The van der Waals surface area contributed by atoms with Crippen molar-refractivity contribution in [1.82, 2.24) is 10.3 Å². The van der Waals surface area contributed by atoms with E-state index in [0.717, 1.165) is 48.6 Å². The molecule has 0 radical (unpaired) electrons. The molecule has 2 rings (SSSR count). The van der Waals surface area contributed by atoms with Crippen molar-refractivity contribution in [2.75, 3.05) is 25.0 Å². The van der Waals surface area contributed by atoms with E-state index in [1.165, 1.54) is 0 Å². The molecule has 1 N–H and O–H groups in total. The third-order valence-corrected chi connectivity index (χ3v) is 4.21. The Balaban J connectivity index is 2.27. The zero-order chi connectivity index (χ0) is 14.0. The Kier molecular flexibility index (Phi) is 3.77.